The molecule has 8 nitrogen and oxygen atoms in total. The Kier molecular flexibility index (Phi) is 5.48. The molecule has 4 rings (SSSR count). The maximum atomic E-state index is 12.3. The maximum absolute atomic E-state index is 12.3. The molecule has 2 aromatic rings. The van der Waals surface area contributed by atoms with Crippen LogP contribution in [0, 0.1) is 0 Å². The highest BCUT2D eigenvalue weighted by molar-refractivity contribution is 5.87. The van der Waals surface area contributed by atoms with E-state index in [1.165, 1.54) is 12.3 Å². The molecule has 1 atom stereocenters. The third kappa shape index (κ3) is 4.22. The quantitative estimate of drug-likeness (QED) is 0.771. The van der Waals surface area contributed by atoms with Gasteiger partial charge in [0.1, 0.15) is 11.2 Å². The molecule has 2 aliphatic rings. The van der Waals surface area contributed by atoms with E-state index in [-0.39, 0.29) is 17.7 Å². The Morgan fingerprint density at radius 3 is 2.41 bits per heavy atom. The summed E-state index contributed by atoms with van der Waals surface area (Å²) >= 11 is 0. The van der Waals surface area contributed by atoms with Gasteiger partial charge in [0, 0.05) is 55.7 Å². The molecule has 32 heavy (non-hydrogen) atoms. The molecule has 1 aromatic heterocycles. The van der Waals surface area contributed by atoms with Gasteiger partial charge in [0.2, 0.25) is 0 Å². The Balaban J connectivity index is 1.54. The van der Waals surface area contributed by atoms with Gasteiger partial charge in [-0.25, -0.2) is 9.59 Å². The van der Waals surface area contributed by atoms with Gasteiger partial charge >= 0.3 is 12.1 Å². The van der Waals surface area contributed by atoms with E-state index in [4.69, 9.17) is 4.74 Å². The molecule has 0 spiro atoms. The Morgan fingerprint density at radius 1 is 1.09 bits per heavy atom. The molecule has 0 aliphatic carbocycles. The van der Waals surface area contributed by atoms with Gasteiger partial charge in [0.05, 0.1) is 5.69 Å². The number of rotatable bonds is 2. The molecule has 1 fully saturated rings. The van der Waals surface area contributed by atoms with Crippen LogP contribution in [0.3, 0.4) is 0 Å². The summed E-state index contributed by atoms with van der Waals surface area (Å²) in [6, 6.07) is 7.64. The maximum Gasteiger partial charge on any atom is 0.410 e. The molecular weight excluding hydrogens is 410 g/mol. The first kappa shape index (κ1) is 21.9. The van der Waals surface area contributed by atoms with E-state index in [2.05, 4.69) is 11.0 Å². The highest BCUT2D eigenvalue weighted by Gasteiger charge is 2.28. The summed E-state index contributed by atoms with van der Waals surface area (Å²) in [5.41, 5.74) is 2.72. The summed E-state index contributed by atoms with van der Waals surface area (Å²) in [7, 11) is 0. The summed E-state index contributed by atoms with van der Waals surface area (Å²) in [5, 5.41) is 9.29. The van der Waals surface area contributed by atoms with Crippen LogP contribution in [0.15, 0.2) is 35.3 Å². The minimum Gasteiger partial charge on any atom is -0.477 e. The lowest BCUT2D eigenvalue weighted by atomic mass is 9.92. The number of ether oxygens (including phenoxy) is 1. The largest absolute Gasteiger partial charge is 0.477 e. The lowest BCUT2D eigenvalue weighted by Gasteiger charge is -2.37. The van der Waals surface area contributed by atoms with Crippen LogP contribution in [-0.2, 0) is 11.2 Å². The van der Waals surface area contributed by atoms with E-state index in [0.29, 0.717) is 26.2 Å². The fraction of sp³-hybridized carbons (Fsp3) is 0.458. The monoisotopic (exact) mass is 439 g/mol. The lowest BCUT2D eigenvalue weighted by Crippen LogP contribution is -2.50. The number of carboxylic acids is 1. The van der Waals surface area contributed by atoms with Crippen molar-refractivity contribution in [2.24, 2.45) is 0 Å². The van der Waals surface area contributed by atoms with Crippen molar-refractivity contribution in [2.45, 2.75) is 45.8 Å². The number of aromatic nitrogens is 1. The number of piperazine rings is 1. The number of hydrogen-bond acceptors (Lipinski definition) is 5. The second-order valence-corrected chi connectivity index (χ2v) is 9.50. The molecule has 170 valence electrons. The number of benzene rings is 1. The third-order valence-corrected chi connectivity index (χ3v) is 5.96. The number of fused-ring (bicyclic) bond motifs is 3. The zero-order valence-electron chi connectivity index (χ0n) is 18.9. The summed E-state index contributed by atoms with van der Waals surface area (Å²) in [5.74, 6) is -1.20. The van der Waals surface area contributed by atoms with Gasteiger partial charge in [-0.1, -0.05) is 6.07 Å². The van der Waals surface area contributed by atoms with Crippen molar-refractivity contribution in [1.29, 1.82) is 0 Å². The molecule has 2 aliphatic heterocycles. The van der Waals surface area contributed by atoms with Crippen LogP contribution in [0.5, 0.6) is 0 Å². The van der Waals surface area contributed by atoms with Crippen LogP contribution in [0.25, 0.3) is 11.3 Å². The van der Waals surface area contributed by atoms with Gasteiger partial charge in [-0.15, -0.1) is 0 Å². The first-order chi connectivity index (χ1) is 15.0. The van der Waals surface area contributed by atoms with Gasteiger partial charge in [0.15, 0.2) is 5.43 Å². The van der Waals surface area contributed by atoms with Gasteiger partial charge in [-0.3, -0.25) is 4.79 Å². The Hall–Kier alpha value is -3.29. The van der Waals surface area contributed by atoms with Crippen LogP contribution in [0.1, 0.15) is 49.7 Å². The van der Waals surface area contributed by atoms with Gasteiger partial charge in [-0.05, 0) is 51.8 Å². The second-order valence-electron chi connectivity index (χ2n) is 9.50. The molecular formula is C24H29N3O5. The highest BCUT2D eigenvalue weighted by atomic mass is 16.6. The SMILES string of the molecule is CC1Cc2cc(N3CCN(C(=O)OC(C)(C)C)CC3)ccc2-c2cc(=O)c(C(=O)O)cn21. The summed E-state index contributed by atoms with van der Waals surface area (Å²) in [6.07, 6.45) is 1.92. The smallest absolute Gasteiger partial charge is 0.410 e. The number of aromatic carboxylic acids is 1. The Labute approximate surface area is 187 Å². The lowest BCUT2D eigenvalue weighted by molar-refractivity contribution is 0.0240. The predicted octanol–water partition coefficient (Wildman–Crippen LogP) is 3.39. The van der Waals surface area contributed by atoms with Crippen molar-refractivity contribution in [3.8, 4) is 11.3 Å². The standard InChI is InChI=1S/C24H29N3O5/c1-15-11-16-12-17(25-7-9-26(10-8-25)23(31)32-24(2,3)4)5-6-18(16)20-13-21(28)19(22(29)30)14-27(15)20/h5-6,12-15H,7-11H2,1-4H3,(H,29,30). The number of carbonyl (C=O) groups is 2. The summed E-state index contributed by atoms with van der Waals surface area (Å²) < 4.78 is 7.36. The van der Waals surface area contributed by atoms with Crippen molar-refractivity contribution in [1.82, 2.24) is 9.47 Å². The van der Waals surface area contributed by atoms with E-state index < -0.39 is 17.0 Å². The molecule has 0 bridgehead atoms. The zero-order valence-corrected chi connectivity index (χ0v) is 18.9. The van der Waals surface area contributed by atoms with E-state index in [1.807, 2.05) is 44.4 Å². The Bertz CT molecular complexity index is 1120. The Morgan fingerprint density at radius 2 is 1.78 bits per heavy atom. The molecule has 1 unspecified atom stereocenters. The van der Waals surface area contributed by atoms with Crippen LogP contribution in [0.4, 0.5) is 10.5 Å². The van der Waals surface area contributed by atoms with E-state index >= 15 is 0 Å². The number of hydrogen-bond donors (Lipinski definition) is 1. The van der Waals surface area contributed by atoms with Crippen molar-refractivity contribution in [3.05, 3.63) is 51.8 Å². The minimum absolute atomic E-state index is 0.0375. The third-order valence-electron chi connectivity index (χ3n) is 5.96. The highest BCUT2D eigenvalue weighted by Crippen LogP contribution is 2.36. The predicted molar refractivity (Wildman–Crippen MR) is 122 cm³/mol. The molecule has 3 heterocycles. The minimum atomic E-state index is -1.20. The topological polar surface area (TPSA) is 92.1 Å². The number of carboxylic acid groups (broad SMARTS) is 1. The normalized spacial score (nSPS) is 18.1. The van der Waals surface area contributed by atoms with E-state index in [0.717, 1.165) is 28.9 Å². The van der Waals surface area contributed by atoms with Crippen molar-refractivity contribution < 1.29 is 19.4 Å². The molecule has 8 heteroatoms. The van der Waals surface area contributed by atoms with Crippen molar-refractivity contribution in [2.75, 3.05) is 31.1 Å². The molecule has 1 N–H and O–H groups in total. The van der Waals surface area contributed by atoms with Crippen LogP contribution >= 0.6 is 0 Å². The zero-order chi connectivity index (χ0) is 23.2. The average molecular weight is 440 g/mol. The van der Waals surface area contributed by atoms with Crippen LogP contribution in [-0.4, -0.2) is 58.4 Å². The van der Waals surface area contributed by atoms with E-state index in [1.54, 1.807) is 4.90 Å². The van der Waals surface area contributed by atoms with E-state index in [9.17, 15) is 19.5 Å². The summed E-state index contributed by atoms with van der Waals surface area (Å²) in [4.78, 5) is 40.0. The first-order valence-corrected chi connectivity index (χ1v) is 10.9. The fourth-order valence-electron chi connectivity index (χ4n) is 4.38. The molecule has 0 saturated carbocycles. The molecule has 1 aromatic carbocycles. The first-order valence-electron chi connectivity index (χ1n) is 10.9. The average Bonchev–Trinajstić information content (AvgIpc) is 2.71. The van der Waals surface area contributed by atoms with Crippen molar-refractivity contribution in [3.63, 3.8) is 0 Å². The van der Waals surface area contributed by atoms with Crippen molar-refractivity contribution >= 4 is 17.7 Å². The second kappa shape index (κ2) is 8.00. The molecule has 1 saturated heterocycles. The van der Waals surface area contributed by atoms with Gasteiger partial charge in [-0.2, -0.15) is 0 Å². The van der Waals surface area contributed by atoms with Gasteiger partial charge < -0.3 is 24.2 Å². The molecule has 0 radical (unpaired) electrons. The summed E-state index contributed by atoms with van der Waals surface area (Å²) in [6.45, 7) is 10.2. The fourth-order valence-corrected chi connectivity index (χ4v) is 4.38. The number of carbonyl (C=O) groups excluding carboxylic acids is 1. The number of pyridine rings is 1. The van der Waals surface area contributed by atoms with Crippen LogP contribution in [0.2, 0.25) is 0 Å². The number of amides is 1. The number of anilines is 1. The van der Waals surface area contributed by atoms with Crippen LogP contribution < -0.4 is 10.3 Å². The van der Waals surface area contributed by atoms with Gasteiger partial charge in [0.25, 0.3) is 0 Å². The molecule has 1 amide bonds. The number of nitrogens with zero attached hydrogens (tertiary/aromatic N) is 3.